The molecule has 0 spiro atoms. The molecule has 0 bridgehead atoms. The van der Waals surface area contributed by atoms with E-state index < -0.39 is 5.97 Å². The van der Waals surface area contributed by atoms with Crippen LogP contribution in [0.25, 0.3) is 0 Å². The van der Waals surface area contributed by atoms with E-state index in [1.54, 1.807) is 0 Å². The lowest BCUT2D eigenvalue weighted by Gasteiger charge is -2.07. The van der Waals surface area contributed by atoms with Crippen LogP contribution in [0.1, 0.15) is 22.5 Å². The minimum atomic E-state index is -0.474. The fourth-order valence-electron chi connectivity index (χ4n) is 2.03. The van der Waals surface area contributed by atoms with Crippen molar-refractivity contribution in [2.45, 2.75) is 32.5 Å². The molecule has 1 N–H and O–H groups in total. The van der Waals surface area contributed by atoms with E-state index in [0.717, 1.165) is 22.5 Å². The second kappa shape index (κ2) is 9.17. The molecule has 0 saturated carbocycles. The number of aryl methyl sites for hydroxylation is 3. The van der Waals surface area contributed by atoms with Gasteiger partial charge in [0.2, 0.25) is 0 Å². The number of aromatic nitrogens is 2. The molecule has 1 aromatic heterocycles. The van der Waals surface area contributed by atoms with Gasteiger partial charge < -0.3 is 10.1 Å². The van der Waals surface area contributed by atoms with E-state index in [4.69, 9.17) is 4.74 Å². The van der Waals surface area contributed by atoms with Crippen molar-refractivity contribution in [1.29, 1.82) is 0 Å². The largest absolute Gasteiger partial charge is 0.455 e. The summed E-state index contributed by atoms with van der Waals surface area (Å²) in [6.07, 6.45) is 0. The van der Waals surface area contributed by atoms with Crippen molar-refractivity contribution in [3.8, 4) is 0 Å². The highest BCUT2D eigenvalue weighted by Gasteiger charge is 2.10. The number of nitrogens with zero attached hydrogens (tertiary/aromatic N) is 2. The fraction of sp³-hybridized carbons (Fsp3) is 0.333. The minimum absolute atomic E-state index is 0.0636. The number of carbonyl (C=O) groups is 2. The molecule has 0 fully saturated rings. The molecule has 1 heterocycles. The molecular weight excluding hydrogens is 338 g/mol. The number of thioether (sulfide) groups is 1. The summed E-state index contributed by atoms with van der Waals surface area (Å²) in [5.41, 5.74) is 3.85. The van der Waals surface area contributed by atoms with Gasteiger partial charge in [-0.25, -0.2) is 9.97 Å². The zero-order valence-electron chi connectivity index (χ0n) is 14.5. The van der Waals surface area contributed by atoms with Gasteiger partial charge in [0.1, 0.15) is 0 Å². The molecule has 25 heavy (non-hydrogen) atoms. The molecule has 0 unspecified atom stereocenters. The number of benzene rings is 1. The third-order valence-corrected chi connectivity index (χ3v) is 4.08. The predicted octanol–water partition coefficient (Wildman–Crippen LogP) is 2.35. The van der Waals surface area contributed by atoms with E-state index >= 15 is 0 Å². The SMILES string of the molecule is Cc1ccc(CNC(=O)COC(=O)CSc2nc(C)cc(C)n2)cc1. The molecule has 132 valence electrons. The molecule has 1 aromatic carbocycles. The zero-order chi connectivity index (χ0) is 18.2. The third-order valence-electron chi connectivity index (χ3n) is 3.26. The van der Waals surface area contributed by atoms with Crippen LogP contribution in [-0.2, 0) is 20.9 Å². The second-order valence-electron chi connectivity index (χ2n) is 5.64. The minimum Gasteiger partial charge on any atom is -0.455 e. The lowest BCUT2D eigenvalue weighted by Crippen LogP contribution is -2.28. The fourth-order valence-corrected chi connectivity index (χ4v) is 2.77. The first kappa shape index (κ1) is 18.9. The number of nitrogens with one attached hydrogen (secondary N) is 1. The van der Waals surface area contributed by atoms with Gasteiger partial charge in [-0.15, -0.1) is 0 Å². The number of amides is 1. The summed E-state index contributed by atoms with van der Waals surface area (Å²) >= 11 is 1.19. The summed E-state index contributed by atoms with van der Waals surface area (Å²) in [6, 6.07) is 9.71. The van der Waals surface area contributed by atoms with Crippen molar-refractivity contribution < 1.29 is 14.3 Å². The Kier molecular flexibility index (Phi) is 6.94. The van der Waals surface area contributed by atoms with E-state index in [1.807, 2.05) is 51.1 Å². The van der Waals surface area contributed by atoms with E-state index in [0.29, 0.717) is 11.7 Å². The van der Waals surface area contributed by atoms with Crippen LogP contribution < -0.4 is 5.32 Å². The number of hydrogen-bond donors (Lipinski definition) is 1. The Morgan fingerprint density at radius 2 is 1.72 bits per heavy atom. The Morgan fingerprint density at radius 3 is 2.36 bits per heavy atom. The number of esters is 1. The van der Waals surface area contributed by atoms with Crippen molar-refractivity contribution in [3.05, 3.63) is 52.8 Å². The molecule has 1 amide bonds. The molecule has 6 nitrogen and oxygen atoms in total. The number of hydrogen-bond acceptors (Lipinski definition) is 6. The average Bonchev–Trinajstić information content (AvgIpc) is 2.57. The van der Waals surface area contributed by atoms with Crippen LogP contribution in [0.15, 0.2) is 35.5 Å². The molecule has 0 aliphatic rings. The van der Waals surface area contributed by atoms with Crippen LogP contribution in [0.5, 0.6) is 0 Å². The van der Waals surface area contributed by atoms with Crippen LogP contribution in [-0.4, -0.2) is 34.2 Å². The predicted molar refractivity (Wildman–Crippen MR) is 96.2 cm³/mol. The number of carbonyl (C=O) groups excluding carboxylic acids is 2. The molecule has 0 aliphatic carbocycles. The van der Waals surface area contributed by atoms with Crippen LogP contribution >= 0.6 is 11.8 Å². The summed E-state index contributed by atoms with van der Waals surface area (Å²) in [5.74, 6) is -0.742. The average molecular weight is 359 g/mol. The van der Waals surface area contributed by atoms with Gasteiger partial charge in [0.05, 0.1) is 5.75 Å². The Bertz CT molecular complexity index is 727. The highest BCUT2D eigenvalue weighted by atomic mass is 32.2. The molecule has 0 aliphatic heterocycles. The van der Waals surface area contributed by atoms with Gasteiger partial charge in [-0.2, -0.15) is 0 Å². The van der Waals surface area contributed by atoms with E-state index in [-0.39, 0.29) is 18.3 Å². The van der Waals surface area contributed by atoms with E-state index in [9.17, 15) is 9.59 Å². The van der Waals surface area contributed by atoms with Gasteiger partial charge in [0, 0.05) is 17.9 Å². The summed E-state index contributed by atoms with van der Waals surface area (Å²) in [7, 11) is 0. The first-order valence-corrected chi connectivity index (χ1v) is 8.84. The molecule has 2 rings (SSSR count). The molecule has 0 saturated heterocycles. The lowest BCUT2D eigenvalue weighted by molar-refractivity contribution is -0.145. The van der Waals surface area contributed by atoms with Crippen molar-refractivity contribution >= 4 is 23.6 Å². The Labute approximate surface area is 151 Å². The standard InChI is InChI=1S/C18H21N3O3S/c1-12-4-6-15(7-5-12)9-19-16(22)10-24-17(23)11-25-18-20-13(2)8-14(3)21-18/h4-8H,9-11H2,1-3H3,(H,19,22). The summed E-state index contributed by atoms with van der Waals surface area (Å²) in [5, 5.41) is 3.24. The normalized spacial score (nSPS) is 10.4. The summed E-state index contributed by atoms with van der Waals surface area (Å²) < 4.78 is 4.97. The molecule has 7 heteroatoms. The quantitative estimate of drug-likeness (QED) is 0.464. The van der Waals surface area contributed by atoms with Gasteiger partial charge in [-0.1, -0.05) is 41.6 Å². The molecule has 2 aromatic rings. The molecular formula is C18H21N3O3S. The maximum atomic E-state index is 11.7. The lowest BCUT2D eigenvalue weighted by atomic mass is 10.1. The van der Waals surface area contributed by atoms with Crippen molar-refractivity contribution in [1.82, 2.24) is 15.3 Å². The van der Waals surface area contributed by atoms with Crippen LogP contribution in [0, 0.1) is 20.8 Å². The van der Waals surface area contributed by atoms with E-state index in [1.165, 1.54) is 11.8 Å². The van der Waals surface area contributed by atoms with Gasteiger partial charge in [-0.05, 0) is 32.4 Å². The molecule has 0 radical (unpaired) electrons. The Hall–Kier alpha value is -2.41. The summed E-state index contributed by atoms with van der Waals surface area (Å²) in [4.78, 5) is 31.9. The first-order valence-electron chi connectivity index (χ1n) is 7.85. The van der Waals surface area contributed by atoms with Crippen LogP contribution in [0.2, 0.25) is 0 Å². The van der Waals surface area contributed by atoms with Crippen LogP contribution in [0.3, 0.4) is 0 Å². The van der Waals surface area contributed by atoms with Gasteiger partial charge in [-0.3, -0.25) is 9.59 Å². The smallest absolute Gasteiger partial charge is 0.316 e. The van der Waals surface area contributed by atoms with Crippen molar-refractivity contribution in [2.24, 2.45) is 0 Å². The third kappa shape index (κ3) is 6.93. The highest BCUT2D eigenvalue weighted by Crippen LogP contribution is 2.14. The van der Waals surface area contributed by atoms with Gasteiger partial charge >= 0.3 is 5.97 Å². The molecule has 0 atom stereocenters. The van der Waals surface area contributed by atoms with Crippen molar-refractivity contribution in [3.63, 3.8) is 0 Å². The van der Waals surface area contributed by atoms with E-state index in [2.05, 4.69) is 15.3 Å². The Balaban J connectivity index is 1.68. The maximum absolute atomic E-state index is 11.7. The number of rotatable bonds is 7. The Morgan fingerprint density at radius 1 is 1.08 bits per heavy atom. The van der Waals surface area contributed by atoms with Gasteiger partial charge in [0.25, 0.3) is 5.91 Å². The van der Waals surface area contributed by atoms with Gasteiger partial charge in [0.15, 0.2) is 11.8 Å². The second-order valence-corrected chi connectivity index (χ2v) is 6.59. The first-order chi connectivity index (χ1) is 11.9. The number of ether oxygens (including phenoxy) is 1. The highest BCUT2D eigenvalue weighted by molar-refractivity contribution is 7.99. The van der Waals surface area contributed by atoms with Crippen LogP contribution in [0.4, 0.5) is 0 Å². The zero-order valence-corrected chi connectivity index (χ0v) is 15.4. The topological polar surface area (TPSA) is 81.2 Å². The summed E-state index contributed by atoms with van der Waals surface area (Å²) in [6.45, 7) is 5.86. The monoisotopic (exact) mass is 359 g/mol. The van der Waals surface area contributed by atoms with Crippen molar-refractivity contribution in [2.75, 3.05) is 12.4 Å². The maximum Gasteiger partial charge on any atom is 0.316 e.